The Balaban J connectivity index is 2.57. The molecule has 0 saturated heterocycles. The predicted molar refractivity (Wildman–Crippen MR) is 78.9 cm³/mol. The summed E-state index contributed by atoms with van der Waals surface area (Å²) >= 11 is 0. The molecule has 0 saturated carbocycles. The molecule has 0 atom stereocenters. The van der Waals surface area contributed by atoms with Gasteiger partial charge in [-0.05, 0) is 43.0 Å². The number of hydrogen-bond acceptors (Lipinski definition) is 3. The van der Waals surface area contributed by atoms with Gasteiger partial charge in [0, 0.05) is 12.1 Å². The van der Waals surface area contributed by atoms with Crippen LogP contribution >= 0.6 is 0 Å². The zero-order valence-electron chi connectivity index (χ0n) is 12.1. The molecule has 1 aromatic carbocycles. The van der Waals surface area contributed by atoms with Gasteiger partial charge in [-0.1, -0.05) is 26.0 Å². The molecule has 0 spiro atoms. The minimum absolute atomic E-state index is 0.444. The molecule has 0 amide bonds. The van der Waals surface area contributed by atoms with E-state index in [2.05, 4.69) is 48.9 Å². The van der Waals surface area contributed by atoms with Gasteiger partial charge in [0.05, 0.1) is 11.4 Å². The Kier molecular flexibility index (Phi) is 3.96. The van der Waals surface area contributed by atoms with Crippen molar-refractivity contribution in [2.24, 2.45) is 5.73 Å². The summed E-state index contributed by atoms with van der Waals surface area (Å²) in [5.41, 5.74) is 11.3. The zero-order valence-corrected chi connectivity index (χ0v) is 12.1. The number of hydrogen-bond donors (Lipinski definition) is 1. The fourth-order valence-electron chi connectivity index (χ4n) is 2.15. The van der Waals surface area contributed by atoms with Crippen molar-refractivity contribution in [2.75, 3.05) is 0 Å². The van der Waals surface area contributed by atoms with Gasteiger partial charge in [0.2, 0.25) is 0 Å². The summed E-state index contributed by atoms with van der Waals surface area (Å²) in [6, 6.07) is 8.55. The molecule has 100 valence electrons. The smallest absolute Gasteiger partial charge is 0.126 e. The number of aryl methyl sites for hydroxylation is 2. The van der Waals surface area contributed by atoms with Gasteiger partial charge in [0.15, 0.2) is 0 Å². The maximum absolute atomic E-state index is 5.69. The molecular formula is C16H21N3. The number of nitrogens with zero attached hydrogens (tertiary/aromatic N) is 2. The van der Waals surface area contributed by atoms with Crippen LogP contribution < -0.4 is 5.73 Å². The Hall–Kier alpha value is -1.74. The van der Waals surface area contributed by atoms with E-state index in [-0.39, 0.29) is 0 Å². The molecule has 0 fully saturated rings. The van der Waals surface area contributed by atoms with Crippen LogP contribution in [0.25, 0.3) is 11.3 Å². The molecule has 0 aliphatic heterocycles. The highest BCUT2D eigenvalue weighted by molar-refractivity contribution is 5.65. The minimum atomic E-state index is 0.444. The van der Waals surface area contributed by atoms with Crippen molar-refractivity contribution in [3.05, 3.63) is 46.9 Å². The standard InChI is InChI=1S/C16H21N3/c1-10(2)13-6-5-11(3)15(7-13)16-8-14(9-17)18-12(4)19-16/h5-8,10H,9,17H2,1-4H3. The highest BCUT2D eigenvalue weighted by atomic mass is 14.9. The molecule has 19 heavy (non-hydrogen) atoms. The van der Waals surface area contributed by atoms with E-state index in [0.29, 0.717) is 12.5 Å². The lowest BCUT2D eigenvalue weighted by atomic mass is 9.96. The first-order chi connectivity index (χ1) is 9.01. The summed E-state index contributed by atoms with van der Waals surface area (Å²) in [6.45, 7) is 8.86. The van der Waals surface area contributed by atoms with Gasteiger partial charge < -0.3 is 5.73 Å². The van der Waals surface area contributed by atoms with Gasteiger partial charge in [0.1, 0.15) is 5.82 Å². The van der Waals surface area contributed by atoms with Crippen LogP contribution in [-0.2, 0) is 6.54 Å². The molecule has 0 bridgehead atoms. The van der Waals surface area contributed by atoms with Crippen molar-refractivity contribution in [1.82, 2.24) is 9.97 Å². The van der Waals surface area contributed by atoms with Gasteiger partial charge in [-0.15, -0.1) is 0 Å². The summed E-state index contributed by atoms with van der Waals surface area (Å²) in [5.74, 6) is 1.28. The molecule has 1 aromatic heterocycles. The maximum Gasteiger partial charge on any atom is 0.126 e. The second kappa shape index (κ2) is 5.49. The molecule has 0 aliphatic carbocycles. The Morgan fingerprint density at radius 2 is 1.84 bits per heavy atom. The fraction of sp³-hybridized carbons (Fsp3) is 0.375. The van der Waals surface area contributed by atoms with Crippen molar-refractivity contribution in [2.45, 2.75) is 40.2 Å². The van der Waals surface area contributed by atoms with Crippen LogP contribution in [0, 0.1) is 13.8 Å². The lowest BCUT2D eigenvalue weighted by Crippen LogP contribution is -2.04. The van der Waals surface area contributed by atoms with Gasteiger partial charge in [-0.2, -0.15) is 0 Å². The van der Waals surface area contributed by atoms with E-state index in [0.717, 1.165) is 17.2 Å². The Labute approximate surface area is 114 Å². The number of nitrogens with two attached hydrogens (primary N) is 1. The second-order valence-corrected chi connectivity index (χ2v) is 5.22. The molecule has 0 aliphatic rings. The highest BCUT2D eigenvalue weighted by Crippen LogP contribution is 2.26. The molecule has 2 N–H and O–H groups in total. The number of benzene rings is 1. The first kappa shape index (κ1) is 13.7. The molecule has 3 heteroatoms. The third-order valence-corrected chi connectivity index (χ3v) is 3.30. The van der Waals surface area contributed by atoms with Crippen molar-refractivity contribution in [3.8, 4) is 11.3 Å². The third kappa shape index (κ3) is 2.99. The number of rotatable bonds is 3. The summed E-state index contributed by atoms with van der Waals surface area (Å²) in [6.07, 6.45) is 0. The monoisotopic (exact) mass is 255 g/mol. The van der Waals surface area contributed by atoms with Crippen LogP contribution in [0.15, 0.2) is 24.3 Å². The lowest BCUT2D eigenvalue weighted by Gasteiger charge is -2.12. The summed E-state index contributed by atoms with van der Waals surface area (Å²) in [5, 5.41) is 0. The zero-order chi connectivity index (χ0) is 14.0. The van der Waals surface area contributed by atoms with E-state index in [1.807, 2.05) is 13.0 Å². The number of aromatic nitrogens is 2. The SMILES string of the molecule is Cc1nc(CN)cc(-c2cc(C(C)C)ccc2C)n1. The predicted octanol–water partition coefficient (Wildman–Crippen LogP) is 3.34. The molecule has 3 nitrogen and oxygen atoms in total. The first-order valence-corrected chi connectivity index (χ1v) is 6.66. The Morgan fingerprint density at radius 1 is 1.11 bits per heavy atom. The van der Waals surface area contributed by atoms with Gasteiger partial charge >= 0.3 is 0 Å². The van der Waals surface area contributed by atoms with Crippen LogP contribution in [-0.4, -0.2) is 9.97 Å². The van der Waals surface area contributed by atoms with E-state index >= 15 is 0 Å². The average Bonchev–Trinajstić information content (AvgIpc) is 2.38. The van der Waals surface area contributed by atoms with Crippen molar-refractivity contribution >= 4 is 0 Å². The van der Waals surface area contributed by atoms with E-state index in [1.54, 1.807) is 0 Å². The largest absolute Gasteiger partial charge is 0.325 e. The quantitative estimate of drug-likeness (QED) is 0.915. The second-order valence-electron chi connectivity index (χ2n) is 5.22. The molecular weight excluding hydrogens is 234 g/mol. The van der Waals surface area contributed by atoms with Crippen LogP contribution in [0.1, 0.15) is 42.4 Å². The van der Waals surface area contributed by atoms with E-state index in [1.165, 1.54) is 16.7 Å². The molecule has 2 aromatic rings. The van der Waals surface area contributed by atoms with Gasteiger partial charge in [0.25, 0.3) is 0 Å². The topological polar surface area (TPSA) is 51.8 Å². The van der Waals surface area contributed by atoms with E-state index in [9.17, 15) is 0 Å². The molecule has 2 rings (SSSR count). The lowest BCUT2D eigenvalue weighted by molar-refractivity contribution is 0.866. The fourth-order valence-corrected chi connectivity index (χ4v) is 2.15. The Bertz CT molecular complexity index is 589. The third-order valence-electron chi connectivity index (χ3n) is 3.30. The van der Waals surface area contributed by atoms with Crippen molar-refractivity contribution in [1.29, 1.82) is 0 Å². The highest BCUT2D eigenvalue weighted by Gasteiger charge is 2.09. The van der Waals surface area contributed by atoms with Crippen LogP contribution in [0.3, 0.4) is 0 Å². The van der Waals surface area contributed by atoms with E-state index in [4.69, 9.17) is 5.73 Å². The Morgan fingerprint density at radius 3 is 2.47 bits per heavy atom. The van der Waals surface area contributed by atoms with E-state index < -0.39 is 0 Å². The maximum atomic E-state index is 5.69. The normalized spacial score (nSPS) is 11.1. The van der Waals surface area contributed by atoms with Crippen LogP contribution in [0.4, 0.5) is 0 Å². The van der Waals surface area contributed by atoms with Crippen molar-refractivity contribution < 1.29 is 0 Å². The molecule has 1 heterocycles. The van der Waals surface area contributed by atoms with Crippen LogP contribution in [0.2, 0.25) is 0 Å². The van der Waals surface area contributed by atoms with Gasteiger partial charge in [-0.3, -0.25) is 0 Å². The minimum Gasteiger partial charge on any atom is -0.325 e. The first-order valence-electron chi connectivity index (χ1n) is 6.66. The summed E-state index contributed by atoms with van der Waals surface area (Å²) < 4.78 is 0. The molecule has 0 radical (unpaired) electrons. The molecule has 0 unspecified atom stereocenters. The van der Waals surface area contributed by atoms with Crippen LogP contribution in [0.5, 0.6) is 0 Å². The summed E-state index contributed by atoms with van der Waals surface area (Å²) in [4.78, 5) is 8.88. The summed E-state index contributed by atoms with van der Waals surface area (Å²) in [7, 11) is 0. The average molecular weight is 255 g/mol. The van der Waals surface area contributed by atoms with Crippen molar-refractivity contribution in [3.63, 3.8) is 0 Å². The van der Waals surface area contributed by atoms with Gasteiger partial charge in [-0.25, -0.2) is 9.97 Å².